The summed E-state index contributed by atoms with van der Waals surface area (Å²) in [7, 11) is 1.76. The molecule has 1 aromatic carbocycles. The van der Waals surface area contributed by atoms with E-state index >= 15 is 0 Å². The predicted molar refractivity (Wildman–Crippen MR) is 88.7 cm³/mol. The third-order valence-electron chi connectivity index (χ3n) is 4.40. The molecule has 1 aliphatic heterocycles. The van der Waals surface area contributed by atoms with E-state index < -0.39 is 0 Å². The maximum Gasteiger partial charge on any atom is 0.123 e. The zero-order valence-corrected chi connectivity index (χ0v) is 13.9. The van der Waals surface area contributed by atoms with Crippen molar-refractivity contribution < 1.29 is 4.74 Å². The van der Waals surface area contributed by atoms with Gasteiger partial charge in [-0.3, -0.25) is 4.90 Å². The summed E-state index contributed by atoms with van der Waals surface area (Å²) in [5, 5.41) is 3.71. The van der Waals surface area contributed by atoms with E-state index in [2.05, 4.69) is 49.2 Å². The Morgan fingerprint density at radius 3 is 2.81 bits per heavy atom. The molecule has 1 heterocycles. The fourth-order valence-corrected chi connectivity index (χ4v) is 3.21. The first-order valence-electron chi connectivity index (χ1n) is 8.19. The van der Waals surface area contributed by atoms with Crippen molar-refractivity contribution in [1.82, 2.24) is 10.2 Å². The molecule has 0 spiro atoms. The first-order chi connectivity index (χ1) is 10.1. The number of nitrogens with one attached hydrogen (secondary N) is 1. The van der Waals surface area contributed by atoms with E-state index in [1.807, 2.05) is 6.07 Å². The molecular formula is C18H30N2O. The quantitative estimate of drug-likeness (QED) is 0.900. The maximum atomic E-state index is 5.50. The van der Waals surface area contributed by atoms with Gasteiger partial charge in [0.05, 0.1) is 7.11 Å². The Hall–Kier alpha value is -1.06. The lowest BCUT2D eigenvalue weighted by Crippen LogP contribution is -2.40. The van der Waals surface area contributed by atoms with Gasteiger partial charge in [0.1, 0.15) is 5.75 Å². The molecule has 1 fully saturated rings. The first-order valence-corrected chi connectivity index (χ1v) is 8.19. The van der Waals surface area contributed by atoms with Crippen LogP contribution in [0.1, 0.15) is 39.2 Å². The predicted octanol–water partition coefficient (Wildman–Crippen LogP) is 3.29. The van der Waals surface area contributed by atoms with Gasteiger partial charge in [-0.05, 0) is 38.3 Å². The molecule has 0 saturated carbocycles. The summed E-state index contributed by atoms with van der Waals surface area (Å²) in [4.78, 5) is 2.60. The summed E-state index contributed by atoms with van der Waals surface area (Å²) in [6, 6.07) is 9.59. The van der Waals surface area contributed by atoms with Crippen molar-refractivity contribution in [3.8, 4) is 5.75 Å². The van der Waals surface area contributed by atoms with Crippen molar-refractivity contribution in [1.29, 1.82) is 0 Å². The van der Waals surface area contributed by atoms with Gasteiger partial charge in [0.15, 0.2) is 0 Å². The molecule has 0 aromatic heterocycles. The Kier molecular flexibility index (Phi) is 6.07. The Labute approximate surface area is 129 Å². The van der Waals surface area contributed by atoms with Gasteiger partial charge >= 0.3 is 0 Å². The van der Waals surface area contributed by atoms with Crippen LogP contribution in [0.2, 0.25) is 0 Å². The Balaban J connectivity index is 2.07. The van der Waals surface area contributed by atoms with Crippen LogP contribution >= 0.6 is 0 Å². The van der Waals surface area contributed by atoms with Crippen molar-refractivity contribution >= 4 is 0 Å². The lowest BCUT2D eigenvalue weighted by molar-refractivity contribution is 0.187. The molecule has 21 heavy (non-hydrogen) atoms. The normalized spacial score (nSPS) is 24.0. The molecule has 0 amide bonds. The summed E-state index contributed by atoms with van der Waals surface area (Å²) >= 11 is 0. The highest BCUT2D eigenvalue weighted by atomic mass is 16.5. The van der Waals surface area contributed by atoms with Crippen LogP contribution < -0.4 is 10.1 Å². The van der Waals surface area contributed by atoms with E-state index in [1.54, 1.807) is 7.11 Å². The van der Waals surface area contributed by atoms with E-state index in [-0.39, 0.29) is 0 Å². The number of benzene rings is 1. The number of hydrogen-bond acceptors (Lipinski definition) is 3. The van der Waals surface area contributed by atoms with Crippen LogP contribution in [-0.2, 0) is 6.54 Å². The Bertz CT molecular complexity index is 433. The van der Waals surface area contributed by atoms with Crippen LogP contribution in [0.25, 0.3) is 0 Å². The highest BCUT2D eigenvalue weighted by Crippen LogP contribution is 2.22. The van der Waals surface area contributed by atoms with Gasteiger partial charge in [0.2, 0.25) is 0 Å². The van der Waals surface area contributed by atoms with Gasteiger partial charge in [0.25, 0.3) is 0 Å². The van der Waals surface area contributed by atoms with E-state index in [0.717, 1.165) is 31.3 Å². The second-order valence-electron chi connectivity index (χ2n) is 6.66. The number of nitrogens with zero attached hydrogens (tertiary/aromatic N) is 1. The average Bonchev–Trinajstić information content (AvgIpc) is 2.61. The molecule has 3 heteroatoms. The monoisotopic (exact) mass is 290 g/mol. The molecule has 2 atom stereocenters. The Morgan fingerprint density at radius 2 is 2.10 bits per heavy atom. The average molecular weight is 290 g/mol. The topological polar surface area (TPSA) is 24.5 Å². The molecular weight excluding hydrogens is 260 g/mol. The molecule has 0 aliphatic carbocycles. The lowest BCUT2D eigenvalue weighted by Gasteiger charge is -2.30. The maximum absolute atomic E-state index is 5.50. The minimum absolute atomic E-state index is 0.602. The van der Waals surface area contributed by atoms with Crippen LogP contribution in [0.4, 0.5) is 0 Å². The van der Waals surface area contributed by atoms with Gasteiger partial charge < -0.3 is 10.1 Å². The van der Waals surface area contributed by atoms with Gasteiger partial charge in [-0.2, -0.15) is 0 Å². The molecule has 1 N–H and O–H groups in total. The molecule has 2 unspecified atom stereocenters. The molecule has 2 rings (SSSR count). The second-order valence-corrected chi connectivity index (χ2v) is 6.66. The zero-order chi connectivity index (χ0) is 15.2. The largest absolute Gasteiger partial charge is 0.496 e. The number of para-hydroxylation sites is 1. The van der Waals surface area contributed by atoms with Crippen LogP contribution in [0.15, 0.2) is 24.3 Å². The minimum atomic E-state index is 0.602. The second kappa shape index (κ2) is 7.81. The Morgan fingerprint density at radius 1 is 1.33 bits per heavy atom. The summed E-state index contributed by atoms with van der Waals surface area (Å²) in [6.45, 7) is 10.2. The van der Waals surface area contributed by atoms with Gasteiger partial charge in [0, 0.05) is 30.7 Å². The number of rotatable bonds is 5. The van der Waals surface area contributed by atoms with Crippen molar-refractivity contribution in [2.24, 2.45) is 5.92 Å². The van der Waals surface area contributed by atoms with Crippen molar-refractivity contribution in [2.75, 3.05) is 20.2 Å². The van der Waals surface area contributed by atoms with Crippen molar-refractivity contribution in [2.45, 2.75) is 52.2 Å². The number of hydrogen-bond donors (Lipinski definition) is 1. The SMILES string of the molecule is COc1ccccc1CN1CC(CC(C)C)NCCC1C. The third-order valence-corrected chi connectivity index (χ3v) is 4.40. The molecule has 1 aliphatic rings. The zero-order valence-electron chi connectivity index (χ0n) is 13.9. The number of methoxy groups -OCH3 is 1. The third kappa shape index (κ3) is 4.72. The van der Waals surface area contributed by atoms with Crippen molar-refractivity contribution in [3.63, 3.8) is 0 Å². The fourth-order valence-electron chi connectivity index (χ4n) is 3.21. The van der Waals surface area contributed by atoms with E-state index in [9.17, 15) is 0 Å². The first kappa shape index (κ1) is 16.3. The molecule has 1 aromatic rings. The van der Waals surface area contributed by atoms with Gasteiger partial charge in [-0.15, -0.1) is 0 Å². The molecule has 3 nitrogen and oxygen atoms in total. The van der Waals surface area contributed by atoms with Crippen LogP contribution in [0.5, 0.6) is 5.75 Å². The summed E-state index contributed by atoms with van der Waals surface area (Å²) in [5.74, 6) is 1.74. The van der Waals surface area contributed by atoms with Crippen LogP contribution in [0, 0.1) is 5.92 Å². The molecule has 0 radical (unpaired) electrons. The molecule has 118 valence electrons. The van der Waals surface area contributed by atoms with E-state index in [1.165, 1.54) is 18.4 Å². The van der Waals surface area contributed by atoms with Gasteiger partial charge in [-0.1, -0.05) is 32.0 Å². The molecule has 1 saturated heterocycles. The van der Waals surface area contributed by atoms with Crippen LogP contribution in [0.3, 0.4) is 0 Å². The lowest BCUT2D eigenvalue weighted by atomic mass is 10.0. The van der Waals surface area contributed by atoms with Gasteiger partial charge in [-0.25, -0.2) is 0 Å². The smallest absolute Gasteiger partial charge is 0.123 e. The summed E-state index contributed by atoms with van der Waals surface area (Å²) in [6.07, 6.45) is 2.46. The van der Waals surface area contributed by atoms with Crippen LogP contribution in [-0.4, -0.2) is 37.2 Å². The standard InChI is InChI=1S/C18H30N2O/c1-14(2)11-17-13-20(15(3)9-10-19-17)12-16-7-5-6-8-18(16)21-4/h5-8,14-15,17,19H,9-13H2,1-4H3. The fraction of sp³-hybridized carbons (Fsp3) is 0.667. The highest BCUT2D eigenvalue weighted by molar-refractivity contribution is 5.33. The summed E-state index contributed by atoms with van der Waals surface area (Å²) in [5.41, 5.74) is 1.29. The number of ether oxygens (including phenoxy) is 1. The minimum Gasteiger partial charge on any atom is -0.496 e. The van der Waals surface area contributed by atoms with E-state index in [0.29, 0.717) is 12.1 Å². The summed E-state index contributed by atoms with van der Waals surface area (Å²) < 4.78 is 5.50. The van der Waals surface area contributed by atoms with E-state index in [4.69, 9.17) is 4.74 Å². The van der Waals surface area contributed by atoms with Crippen molar-refractivity contribution in [3.05, 3.63) is 29.8 Å². The highest BCUT2D eigenvalue weighted by Gasteiger charge is 2.24. The molecule has 0 bridgehead atoms.